The number of nitrogens with two attached hydrogens (primary N) is 1. The van der Waals surface area contributed by atoms with Crippen molar-refractivity contribution in [3.05, 3.63) is 106 Å². The smallest absolute Gasteiger partial charge is 0.323 e. The number of methoxy groups -OCH3 is 1. The zero-order valence-corrected chi connectivity index (χ0v) is 29.2. The summed E-state index contributed by atoms with van der Waals surface area (Å²) in [5.41, 5.74) is 5.13. The molecule has 0 spiro atoms. The van der Waals surface area contributed by atoms with Crippen molar-refractivity contribution < 1.29 is 48.4 Å². The predicted octanol–water partition coefficient (Wildman–Crippen LogP) is 5.06. The Morgan fingerprint density at radius 1 is 0.962 bits per heavy atom. The van der Waals surface area contributed by atoms with Gasteiger partial charge in [0.25, 0.3) is 11.5 Å². The van der Waals surface area contributed by atoms with Crippen molar-refractivity contribution in [2.45, 2.75) is 45.7 Å². The Morgan fingerprint density at radius 2 is 1.62 bits per heavy atom. The molecule has 15 nitrogen and oxygen atoms in total. The maximum Gasteiger partial charge on any atom is 0.323 e. The van der Waals surface area contributed by atoms with Crippen molar-refractivity contribution in [2.75, 3.05) is 12.4 Å². The van der Waals surface area contributed by atoms with E-state index in [1.54, 1.807) is 75.6 Å². The average molecular weight is 732 g/mol. The first-order chi connectivity index (χ1) is 25.0. The number of carbonyl (C=O) groups excluding carboxylic acids is 1. The van der Waals surface area contributed by atoms with Gasteiger partial charge in [-0.25, -0.2) is 9.07 Å². The highest BCUT2D eigenvalue weighted by Crippen LogP contribution is 2.33. The molecule has 1 amide bonds. The second-order valence-corrected chi connectivity index (χ2v) is 12.2. The lowest BCUT2D eigenvalue weighted by atomic mass is 9.88. The number of halogens is 1. The van der Waals surface area contributed by atoms with E-state index in [9.17, 15) is 29.1 Å². The molecule has 278 valence electrons. The molecule has 0 aliphatic heterocycles. The van der Waals surface area contributed by atoms with E-state index in [4.69, 9.17) is 25.4 Å². The van der Waals surface area contributed by atoms with Gasteiger partial charge in [0.2, 0.25) is 0 Å². The zero-order valence-electron chi connectivity index (χ0n) is 29.2. The molecule has 0 radical (unpaired) electrons. The topological polar surface area (TPSA) is 225 Å². The van der Waals surface area contributed by atoms with E-state index in [1.807, 2.05) is 0 Å². The first-order valence-electron chi connectivity index (χ1n) is 16.1. The van der Waals surface area contributed by atoms with Crippen LogP contribution in [0.25, 0.3) is 16.6 Å². The van der Waals surface area contributed by atoms with E-state index in [-0.39, 0.29) is 42.1 Å². The number of benzene rings is 3. The number of anilines is 1. The van der Waals surface area contributed by atoms with Crippen molar-refractivity contribution in [2.24, 2.45) is 11.7 Å². The van der Waals surface area contributed by atoms with Gasteiger partial charge < -0.3 is 35.8 Å². The number of aliphatic carboxylic acids is 3. The third-order valence-electron chi connectivity index (χ3n) is 8.43. The van der Waals surface area contributed by atoms with Crippen LogP contribution in [-0.2, 0) is 20.9 Å². The largest absolute Gasteiger partial charge is 0.497 e. The number of carboxylic acids is 3. The molecule has 0 aliphatic carbocycles. The highest BCUT2D eigenvalue weighted by molar-refractivity contribution is 6.05. The van der Waals surface area contributed by atoms with Crippen LogP contribution >= 0.6 is 0 Å². The lowest BCUT2D eigenvalue weighted by Gasteiger charge is -2.28. The maximum absolute atomic E-state index is 15.2. The van der Waals surface area contributed by atoms with E-state index in [2.05, 4.69) is 10.3 Å². The number of rotatable bonds is 13. The minimum absolute atomic E-state index is 0.0275. The Hall–Kier alpha value is -6.55. The van der Waals surface area contributed by atoms with Crippen LogP contribution in [0.5, 0.6) is 17.2 Å². The van der Waals surface area contributed by atoms with Crippen LogP contribution in [0.4, 0.5) is 10.1 Å². The number of nitrogens with one attached hydrogen (secondary N) is 1. The van der Waals surface area contributed by atoms with Gasteiger partial charge in [0.05, 0.1) is 36.8 Å². The van der Waals surface area contributed by atoms with Gasteiger partial charge in [0.15, 0.2) is 11.6 Å². The number of aromatic nitrogens is 3. The van der Waals surface area contributed by atoms with E-state index in [1.165, 1.54) is 34.6 Å². The second kappa shape index (κ2) is 16.6. The lowest BCUT2D eigenvalue weighted by molar-refractivity contribution is -0.144. The number of para-hydroxylation sites is 1. The fourth-order valence-corrected chi connectivity index (χ4v) is 5.12. The molecule has 2 atom stereocenters. The first kappa shape index (κ1) is 39.2. The number of fused-ring (bicyclic) bond motifs is 1. The molecule has 0 saturated heterocycles. The van der Waals surface area contributed by atoms with Gasteiger partial charge in [-0.15, -0.1) is 0 Å². The van der Waals surface area contributed by atoms with Crippen LogP contribution in [0.1, 0.15) is 42.7 Å². The number of hydrogen-bond acceptors (Lipinski definition) is 9. The summed E-state index contributed by atoms with van der Waals surface area (Å²) >= 11 is 0. The van der Waals surface area contributed by atoms with Crippen LogP contribution in [0.2, 0.25) is 0 Å². The lowest BCUT2D eigenvalue weighted by Crippen LogP contribution is -2.52. The van der Waals surface area contributed by atoms with Gasteiger partial charge in [-0.3, -0.25) is 33.6 Å². The number of hydrogen-bond donors (Lipinski definition) is 5. The molecule has 0 bridgehead atoms. The number of amides is 1. The summed E-state index contributed by atoms with van der Waals surface area (Å²) in [6.45, 7) is 4.67. The average Bonchev–Trinajstić information content (AvgIpc) is 3.36. The number of pyridine rings is 1. The molecule has 2 heterocycles. The molecule has 0 fully saturated rings. The summed E-state index contributed by atoms with van der Waals surface area (Å²) in [6.07, 6.45) is 0.946. The molecule has 16 heteroatoms. The van der Waals surface area contributed by atoms with Gasteiger partial charge in [-0.05, 0) is 56.3 Å². The van der Waals surface area contributed by atoms with Gasteiger partial charge in [-0.1, -0.05) is 25.1 Å². The Labute approximate surface area is 302 Å². The number of carboxylic acid groups (broad SMARTS) is 3. The fourth-order valence-electron chi connectivity index (χ4n) is 5.12. The fraction of sp³-hybridized carbons (Fsp3) is 0.243. The summed E-state index contributed by atoms with van der Waals surface area (Å²) in [5.74, 6) is -4.57. The quantitative estimate of drug-likeness (QED) is 0.107. The van der Waals surface area contributed by atoms with E-state index < -0.39 is 46.6 Å². The molecule has 53 heavy (non-hydrogen) atoms. The van der Waals surface area contributed by atoms with Crippen molar-refractivity contribution in [1.82, 2.24) is 14.3 Å². The number of carbonyl (C=O) groups is 4. The van der Waals surface area contributed by atoms with Crippen molar-refractivity contribution in [3.8, 4) is 22.9 Å². The standard InChI is InChI=1S/C33H32FN5O6.C4H6O4/c1-19(33(3,35)32(42)43)18-38-20(2)29(31(41)39(38)22-8-6-5-7-9-22)30(40)37-21-10-13-28(25(34)16-21)45-27-14-15-36-26-17-23(44-4)11-12-24(26)27;5-3(6)1-2-4(7)8/h5-17,19H,18,35H2,1-4H3,(H,37,40)(H,42,43);1-2H2,(H,5,6)(H,7,8)/t19-,33+;/m1./s1. The SMILES string of the molecule is COc1ccc2c(Oc3ccc(NC(=O)c4c(C)n(C[C@@H](C)[C@](C)(N)C(=O)O)n(-c5ccccc5)c4=O)cc3F)ccnc2c1.O=C(O)CCC(=O)O. The number of ether oxygens (including phenoxy) is 2. The minimum atomic E-state index is -1.60. The monoisotopic (exact) mass is 731 g/mol. The van der Waals surface area contributed by atoms with Crippen molar-refractivity contribution >= 4 is 40.4 Å². The molecule has 5 aromatic rings. The minimum Gasteiger partial charge on any atom is -0.497 e. The van der Waals surface area contributed by atoms with Gasteiger partial charge >= 0.3 is 17.9 Å². The summed E-state index contributed by atoms with van der Waals surface area (Å²) in [5, 5.41) is 28.7. The molecular weight excluding hydrogens is 693 g/mol. The third kappa shape index (κ3) is 9.22. The van der Waals surface area contributed by atoms with Crippen LogP contribution in [0.15, 0.2) is 83.8 Å². The van der Waals surface area contributed by atoms with Crippen molar-refractivity contribution in [1.29, 1.82) is 0 Å². The Bertz CT molecular complexity index is 2200. The Morgan fingerprint density at radius 3 is 2.21 bits per heavy atom. The molecule has 2 aromatic heterocycles. The normalized spacial score (nSPS) is 12.5. The Balaban J connectivity index is 0.000000703. The molecule has 0 aliphatic rings. The molecule has 6 N–H and O–H groups in total. The number of nitrogens with zero attached hydrogens (tertiary/aromatic N) is 3. The molecule has 3 aromatic carbocycles. The van der Waals surface area contributed by atoms with Gasteiger partial charge in [0.1, 0.15) is 22.6 Å². The highest BCUT2D eigenvalue weighted by Gasteiger charge is 2.36. The molecule has 0 unspecified atom stereocenters. The summed E-state index contributed by atoms with van der Waals surface area (Å²) in [7, 11) is 1.55. The first-order valence-corrected chi connectivity index (χ1v) is 16.1. The predicted molar refractivity (Wildman–Crippen MR) is 191 cm³/mol. The summed E-state index contributed by atoms with van der Waals surface area (Å²) in [6, 6.07) is 19.4. The summed E-state index contributed by atoms with van der Waals surface area (Å²) in [4.78, 5) is 62.6. The maximum atomic E-state index is 15.2. The zero-order chi connectivity index (χ0) is 39.0. The molecular formula is C37H38FN5O10. The summed E-state index contributed by atoms with van der Waals surface area (Å²) < 4.78 is 29.2. The van der Waals surface area contributed by atoms with Crippen LogP contribution in [-0.4, -0.2) is 66.1 Å². The van der Waals surface area contributed by atoms with Crippen LogP contribution < -0.4 is 26.1 Å². The highest BCUT2D eigenvalue weighted by atomic mass is 19.1. The molecule has 5 rings (SSSR count). The van der Waals surface area contributed by atoms with E-state index in [0.29, 0.717) is 28.1 Å². The van der Waals surface area contributed by atoms with E-state index >= 15 is 4.39 Å². The van der Waals surface area contributed by atoms with E-state index in [0.717, 1.165) is 6.07 Å². The van der Waals surface area contributed by atoms with Crippen LogP contribution in [0, 0.1) is 18.7 Å². The molecule has 0 saturated carbocycles. The van der Waals surface area contributed by atoms with Gasteiger partial charge in [0, 0.05) is 41.9 Å². The van der Waals surface area contributed by atoms with Crippen molar-refractivity contribution in [3.63, 3.8) is 0 Å². The third-order valence-corrected chi connectivity index (χ3v) is 8.43. The second-order valence-electron chi connectivity index (χ2n) is 12.2. The van der Waals surface area contributed by atoms with Crippen LogP contribution in [0.3, 0.4) is 0 Å². The Kier molecular flexibility index (Phi) is 12.3. The van der Waals surface area contributed by atoms with Gasteiger partial charge in [-0.2, -0.15) is 0 Å².